The lowest BCUT2D eigenvalue weighted by Crippen LogP contribution is -2.50. The molecular formula is C12H17N5O4. The van der Waals surface area contributed by atoms with Crippen LogP contribution in [0.1, 0.15) is 18.7 Å². The third kappa shape index (κ3) is 3.71. The second-order valence-corrected chi connectivity index (χ2v) is 4.80. The van der Waals surface area contributed by atoms with E-state index in [4.69, 9.17) is 10.8 Å². The predicted molar refractivity (Wildman–Crippen MR) is 71.0 cm³/mol. The van der Waals surface area contributed by atoms with Gasteiger partial charge in [0, 0.05) is 31.9 Å². The largest absolute Gasteiger partial charge is 0.480 e. The molecule has 1 aliphatic heterocycles. The Hall–Kier alpha value is -2.58. The molecule has 1 aromatic heterocycles. The molecule has 2 heterocycles. The summed E-state index contributed by atoms with van der Waals surface area (Å²) >= 11 is 0. The van der Waals surface area contributed by atoms with Crippen LogP contribution in [0.3, 0.4) is 0 Å². The minimum atomic E-state index is -1.19. The van der Waals surface area contributed by atoms with E-state index in [2.05, 4.69) is 10.3 Å². The summed E-state index contributed by atoms with van der Waals surface area (Å²) < 4.78 is 1.94. The normalized spacial score (nSPS) is 15.1. The van der Waals surface area contributed by atoms with Gasteiger partial charge >= 0.3 is 12.0 Å². The zero-order valence-electron chi connectivity index (χ0n) is 11.4. The zero-order chi connectivity index (χ0) is 15.4. The smallest absolute Gasteiger partial charge is 0.326 e. The molecule has 0 fully saturated rings. The minimum Gasteiger partial charge on any atom is -0.480 e. The maximum atomic E-state index is 12.1. The third-order valence-electron chi connectivity index (χ3n) is 3.31. The van der Waals surface area contributed by atoms with E-state index in [-0.39, 0.29) is 12.8 Å². The molecule has 0 radical (unpaired) electrons. The molecule has 0 aromatic carbocycles. The van der Waals surface area contributed by atoms with E-state index < -0.39 is 23.9 Å². The number of aliphatic carboxylic acids is 1. The summed E-state index contributed by atoms with van der Waals surface area (Å²) in [6, 6.07) is -1.62. The van der Waals surface area contributed by atoms with Crippen LogP contribution in [0.2, 0.25) is 0 Å². The topological polar surface area (TPSA) is 131 Å². The number of carbonyl (C=O) groups is 3. The second kappa shape index (κ2) is 6.25. The van der Waals surface area contributed by atoms with Crippen molar-refractivity contribution in [2.45, 2.75) is 32.0 Å². The Morgan fingerprint density at radius 3 is 2.86 bits per heavy atom. The van der Waals surface area contributed by atoms with Crippen LogP contribution in [0.15, 0.2) is 12.4 Å². The van der Waals surface area contributed by atoms with E-state index in [1.165, 1.54) is 4.90 Å². The predicted octanol–water partition coefficient (Wildman–Crippen LogP) is -0.873. The van der Waals surface area contributed by atoms with Gasteiger partial charge in [0.1, 0.15) is 11.9 Å². The van der Waals surface area contributed by atoms with Gasteiger partial charge in [0.05, 0.1) is 6.54 Å². The van der Waals surface area contributed by atoms with Crippen LogP contribution in [-0.4, -0.2) is 50.1 Å². The highest BCUT2D eigenvalue weighted by Gasteiger charge is 2.26. The molecule has 4 N–H and O–H groups in total. The first-order valence-corrected chi connectivity index (χ1v) is 6.54. The SMILES string of the molecule is NC(=O)CC[C@H](NC(=O)N1CCn2ccnc2C1)C(=O)O. The molecule has 3 amide bonds. The number of imidazole rings is 1. The van der Waals surface area contributed by atoms with Gasteiger partial charge in [-0.25, -0.2) is 14.6 Å². The summed E-state index contributed by atoms with van der Waals surface area (Å²) in [5.41, 5.74) is 4.99. The van der Waals surface area contributed by atoms with Gasteiger partial charge < -0.3 is 25.6 Å². The number of hydrogen-bond acceptors (Lipinski definition) is 4. The Kier molecular flexibility index (Phi) is 4.41. The lowest BCUT2D eigenvalue weighted by Gasteiger charge is -2.29. The fraction of sp³-hybridized carbons (Fsp3) is 0.500. The van der Waals surface area contributed by atoms with E-state index in [9.17, 15) is 14.4 Å². The van der Waals surface area contributed by atoms with Gasteiger partial charge in [-0.05, 0) is 6.42 Å². The van der Waals surface area contributed by atoms with Gasteiger partial charge in [-0.1, -0.05) is 0 Å². The van der Waals surface area contributed by atoms with Gasteiger partial charge in [-0.15, -0.1) is 0 Å². The van der Waals surface area contributed by atoms with Crippen molar-refractivity contribution >= 4 is 17.9 Å². The number of nitrogens with two attached hydrogens (primary N) is 1. The maximum Gasteiger partial charge on any atom is 0.326 e. The molecule has 0 bridgehead atoms. The summed E-state index contributed by atoms with van der Waals surface area (Å²) in [6.07, 6.45) is 3.36. The van der Waals surface area contributed by atoms with Crippen molar-refractivity contribution in [2.24, 2.45) is 5.73 Å². The Morgan fingerprint density at radius 2 is 2.19 bits per heavy atom. The number of urea groups is 1. The van der Waals surface area contributed by atoms with Crippen molar-refractivity contribution < 1.29 is 19.5 Å². The molecule has 114 valence electrons. The maximum absolute atomic E-state index is 12.1. The van der Waals surface area contributed by atoms with Crippen molar-refractivity contribution in [1.29, 1.82) is 0 Å². The Morgan fingerprint density at radius 1 is 1.43 bits per heavy atom. The van der Waals surface area contributed by atoms with Crippen LogP contribution in [0.25, 0.3) is 0 Å². The number of fused-ring (bicyclic) bond motifs is 1. The number of amides is 3. The van der Waals surface area contributed by atoms with Crippen LogP contribution in [0, 0.1) is 0 Å². The molecular weight excluding hydrogens is 278 g/mol. The molecule has 9 heteroatoms. The van der Waals surface area contributed by atoms with E-state index >= 15 is 0 Å². The average molecular weight is 295 g/mol. The summed E-state index contributed by atoms with van der Waals surface area (Å²) in [4.78, 5) is 39.5. The van der Waals surface area contributed by atoms with E-state index in [1.807, 2.05) is 10.8 Å². The highest BCUT2D eigenvalue weighted by atomic mass is 16.4. The lowest BCUT2D eigenvalue weighted by molar-refractivity contribution is -0.139. The van der Waals surface area contributed by atoms with Crippen LogP contribution in [-0.2, 0) is 22.7 Å². The monoisotopic (exact) mass is 295 g/mol. The standard InChI is InChI=1S/C12H17N5O4/c13-9(18)2-1-8(11(19)20)15-12(21)17-6-5-16-4-3-14-10(16)7-17/h3-4,8H,1-2,5-7H2,(H2,13,18)(H,15,21)(H,19,20)/t8-/m0/s1. The lowest BCUT2D eigenvalue weighted by atomic mass is 10.1. The van der Waals surface area contributed by atoms with Gasteiger partial charge in [0.25, 0.3) is 0 Å². The molecule has 1 aromatic rings. The molecule has 1 atom stereocenters. The average Bonchev–Trinajstić information content (AvgIpc) is 2.89. The fourth-order valence-corrected chi connectivity index (χ4v) is 2.13. The number of carboxylic acids is 1. The summed E-state index contributed by atoms with van der Waals surface area (Å²) in [5, 5.41) is 11.5. The second-order valence-electron chi connectivity index (χ2n) is 4.80. The van der Waals surface area contributed by atoms with Crippen LogP contribution >= 0.6 is 0 Å². The number of aromatic nitrogens is 2. The number of nitrogens with zero attached hydrogens (tertiary/aromatic N) is 3. The molecule has 0 saturated heterocycles. The molecule has 9 nitrogen and oxygen atoms in total. The molecule has 0 unspecified atom stereocenters. The quantitative estimate of drug-likeness (QED) is 0.649. The van der Waals surface area contributed by atoms with Crippen molar-refractivity contribution in [1.82, 2.24) is 19.8 Å². The number of carbonyl (C=O) groups excluding carboxylic acids is 2. The Balaban J connectivity index is 1.93. The van der Waals surface area contributed by atoms with E-state index in [0.29, 0.717) is 19.6 Å². The van der Waals surface area contributed by atoms with Gasteiger partial charge in [0.15, 0.2) is 0 Å². The Labute approximate surface area is 120 Å². The van der Waals surface area contributed by atoms with E-state index in [0.717, 1.165) is 5.82 Å². The first-order chi connectivity index (χ1) is 9.97. The molecule has 1 aliphatic rings. The van der Waals surface area contributed by atoms with E-state index in [1.54, 1.807) is 6.20 Å². The van der Waals surface area contributed by atoms with Crippen molar-refractivity contribution in [3.05, 3.63) is 18.2 Å². The number of rotatable bonds is 5. The van der Waals surface area contributed by atoms with Crippen molar-refractivity contribution in [2.75, 3.05) is 6.54 Å². The highest BCUT2D eigenvalue weighted by Crippen LogP contribution is 2.10. The Bertz CT molecular complexity index is 556. The number of nitrogens with one attached hydrogen (secondary N) is 1. The van der Waals surface area contributed by atoms with Gasteiger partial charge in [0.2, 0.25) is 5.91 Å². The molecule has 21 heavy (non-hydrogen) atoms. The first kappa shape index (κ1) is 14.8. The third-order valence-corrected chi connectivity index (χ3v) is 3.31. The summed E-state index contributed by atoms with van der Waals surface area (Å²) in [7, 11) is 0. The van der Waals surface area contributed by atoms with Crippen LogP contribution < -0.4 is 11.1 Å². The highest BCUT2D eigenvalue weighted by molar-refractivity contribution is 5.83. The molecule has 0 spiro atoms. The first-order valence-electron chi connectivity index (χ1n) is 6.54. The minimum absolute atomic E-state index is 0.0289. The van der Waals surface area contributed by atoms with Gasteiger partial charge in [-0.2, -0.15) is 0 Å². The molecule has 0 saturated carbocycles. The van der Waals surface area contributed by atoms with Crippen molar-refractivity contribution in [3.63, 3.8) is 0 Å². The zero-order valence-corrected chi connectivity index (χ0v) is 11.4. The number of primary amides is 1. The summed E-state index contributed by atoms with van der Waals surface area (Å²) in [5.74, 6) is -1.04. The van der Waals surface area contributed by atoms with Crippen molar-refractivity contribution in [3.8, 4) is 0 Å². The van der Waals surface area contributed by atoms with Gasteiger partial charge in [-0.3, -0.25) is 4.79 Å². The van der Waals surface area contributed by atoms with Crippen LogP contribution in [0.4, 0.5) is 4.79 Å². The number of hydrogen-bond donors (Lipinski definition) is 3. The molecule has 0 aliphatic carbocycles. The fourth-order valence-electron chi connectivity index (χ4n) is 2.13. The van der Waals surface area contributed by atoms with Crippen LogP contribution in [0.5, 0.6) is 0 Å². The summed E-state index contributed by atoms with van der Waals surface area (Å²) in [6.45, 7) is 1.40. The molecule has 2 rings (SSSR count). The number of carboxylic acid groups (broad SMARTS) is 1.